The van der Waals surface area contributed by atoms with Crippen molar-refractivity contribution < 1.29 is 8.42 Å². The van der Waals surface area contributed by atoms with E-state index in [1.807, 2.05) is 0 Å². The number of hydrogen-bond acceptors (Lipinski definition) is 3. The molecule has 1 aromatic rings. The first-order chi connectivity index (χ1) is 11.0. The van der Waals surface area contributed by atoms with E-state index in [9.17, 15) is 8.42 Å². The summed E-state index contributed by atoms with van der Waals surface area (Å²) in [7, 11) is -3.40. The molecule has 1 heterocycles. The Balaban J connectivity index is 1.65. The highest BCUT2D eigenvalue weighted by Crippen LogP contribution is 2.29. The van der Waals surface area contributed by atoms with Crippen LogP contribution in [0.5, 0.6) is 0 Å². The highest BCUT2D eigenvalue weighted by Gasteiger charge is 2.33. The topological polar surface area (TPSA) is 40.6 Å². The zero-order valence-electron chi connectivity index (χ0n) is 13.6. The summed E-state index contributed by atoms with van der Waals surface area (Å²) in [6, 6.07) is 7.08. The van der Waals surface area contributed by atoms with Gasteiger partial charge in [0, 0.05) is 37.2 Å². The Hall–Kier alpha value is -0.620. The van der Waals surface area contributed by atoms with Gasteiger partial charge in [-0.25, -0.2) is 8.42 Å². The van der Waals surface area contributed by atoms with Crippen LogP contribution in [0.4, 0.5) is 0 Å². The van der Waals surface area contributed by atoms with E-state index in [2.05, 4.69) is 11.8 Å². The number of benzene rings is 1. The molecule has 1 saturated carbocycles. The van der Waals surface area contributed by atoms with Crippen LogP contribution in [0.25, 0.3) is 0 Å². The number of rotatable bonds is 3. The summed E-state index contributed by atoms with van der Waals surface area (Å²) in [5.74, 6) is 0.725. The molecule has 0 spiro atoms. The maximum Gasteiger partial charge on any atom is 0.243 e. The van der Waals surface area contributed by atoms with Crippen LogP contribution in [0, 0.1) is 5.92 Å². The highest BCUT2D eigenvalue weighted by atomic mass is 35.5. The van der Waals surface area contributed by atoms with E-state index < -0.39 is 10.0 Å². The largest absolute Gasteiger partial charge is 0.298 e. The molecule has 1 aliphatic heterocycles. The van der Waals surface area contributed by atoms with Gasteiger partial charge in [-0.1, -0.05) is 31.4 Å². The SMILES string of the molecule is CC1CCCCC1N1CCN(S(=O)(=O)c2ccc(Cl)cc2)CC1. The van der Waals surface area contributed by atoms with Crippen molar-refractivity contribution in [2.24, 2.45) is 5.92 Å². The molecule has 1 saturated heterocycles. The van der Waals surface area contributed by atoms with Gasteiger partial charge in [0.15, 0.2) is 0 Å². The van der Waals surface area contributed by atoms with Crippen LogP contribution in [-0.4, -0.2) is 49.8 Å². The van der Waals surface area contributed by atoms with Crippen LogP contribution >= 0.6 is 11.6 Å². The lowest BCUT2D eigenvalue weighted by atomic mass is 9.84. The number of nitrogens with zero attached hydrogens (tertiary/aromatic N) is 2. The van der Waals surface area contributed by atoms with Gasteiger partial charge in [-0.05, 0) is 43.0 Å². The van der Waals surface area contributed by atoms with Crippen molar-refractivity contribution in [2.75, 3.05) is 26.2 Å². The number of piperazine rings is 1. The molecule has 3 rings (SSSR count). The van der Waals surface area contributed by atoms with Gasteiger partial charge in [-0.15, -0.1) is 0 Å². The normalized spacial score (nSPS) is 27.9. The van der Waals surface area contributed by atoms with Crippen molar-refractivity contribution in [1.82, 2.24) is 9.21 Å². The fourth-order valence-electron chi connectivity index (χ4n) is 3.87. The average Bonchev–Trinajstić information content (AvgIpc) is 2.56. The standard InChI is InChI=1S/C17H25ClN2O2S/c1-14-4-2-3-5-17(14)19-10-12-20(13-11-19)23(21,22)16-8-6-15(18)7-9-16/h6-9,14,17H,2-5,10-13H2,1H3. The molecular formula is C17H25ClN2O2S. The molecule has 0 bridgehead atoms. The average molecular weight is 357 g/mol. The van der Waals surface area contributed by atoms with Gasteiger partial charge in [0.25, 0.3) is 0 Å². The molecule has 0 aromatic heterocycles. The van der Waals surface area contributed by atoms with Gasteiger partial charge < -0.3 is 0 Å². The predicted molar refractivity (Wildman–Crippen MR) is 93.2 cm³/mol. The first-order valence-electron chi connectivity index (χ1n) is 8.48. The molecule has 1 aromatic carbocycles. The lowest BCUT2D eigenvalue weighted by Gasteiger charge is -2.43. The Morgan fingerprint density at radius 2 is 1.61 bits per heavy atom. The molecule has 2 unspecified atom stereocenters. The van der Waals surface area contributed by atoms with Gasteiger partial charge in [-0.3, -0.25) is 4.90 Å². The Kier molecular flexibility index (Phi) is 5.31. The zero-order chi connectivity index (χ0) is 16.4. The second-order valence-corrected chi connectivity index (χ2v) is 9.10. The number of hydrogen-bond donors (Lipinski definition) is 0. The maximum atomic E-state index is 12.7. The van der Waals surface area contributed by atoms with Crippen molar-refractivity contribution in [3.8, 4) is 0 Å². The van der Waals surface area contributed by atoms with Crippen molar-refractivity contribution in [3.05, 3.63) is 29.3 Å². The van der Waals surface area contributed by atoms with E-state index in [-0.39, 0.29) is 0 Å². The monoisotopic (exact) mass is 356 g/mol. The van der Waals surface area contributed by atoms with Crippen molar-refractivity contribution >= 4 is 21.6 Å². The van der Waals surface area contributed by atoms with Crippen LogP contribution in [0.3, 0.4) is 0 Å². The minimum absolute atomic E-state index is 0.335. The van der Waals surface area contributed by atoms with Crippen molar-refractivity contribution in [1.29, 1.82) is 0 Å². The van der Waals surface area contributed by atoms with Crippen molar-refractivity contribution in [2.45, 2.75) is 43.5 Å². The minimum Gasteiger partial charge on any atom is -0.298 e. The van der Waals surface area contributed by atoms with Gasteiger partial charge in [0.2, 0.25) is 10.0 Å². The maximum absolute atomic E-state index is 12.7. The van der Waals surface area contributed by atoms with E-state index in [1.165, 1.54) is 25.7 Å². The smallest absolute Gasteiger partial charge is 0.243 e. The van der Waals surface area contributed by atoms with Gasteiger partial charge in [-0.2, -0.15) is 4.31 Å². The summed E-state index contributed by atoms with van der Waals surface area (Å²) in [4.78, 5) is 2.83. The van der Waals surface area contributed by atoms with Crippen LogP contribution in [0.1, 0.15) is 32.6 Å². The highest BCUT2D eigenvalue weighted by molar-refractivity contribution is 7.89. The molecule has 23 heavy (non-hydrogen) atoms. The molecule has 0 amide bonds. The molecule has 2 aliphatic rings. The summed E-state index contributed by atoms with van der Waals surface area (Å²) >= 11 is 5.85. The molecule has 0 radical (unpaired) electrons. The van der Waals surface area contributed by atoms with Gasteiger partial charge in [0.1, 0.15) is 0 Å². The Morgan fingerprint density at radius 3 is 2.22 bits per heavy atom. The molecule has 1 aliphatic carbocycles. The third-order valence-electron chi connectivity index (χ3n) is 5.26. The van der Waals surface area contributed by atoms with Crippen LogP contribution in [-0.2, 0) is 10.0 Å². The zero-order valence-corrected chi connectivity index (χ0v) is 15.2. The minimum atomic E-state index is -3.40. The first-order valence-corrected chi connectivity index (χ1v) is 10.3. The first kappa shape index (κ1) is 17.2. The molecule has 4 nitrogen and oxygen atoms in total. The van der Waals surface area contributed by atoms with Crippen molar-refractivity contribution in [3.63, 3.8) is 0 Å². The van der Waals surface area contributed by atoms with E-state index >= 15 is 0 Å². The Labute approximate surface area is 144 Å². The fraction of sp³-hybridized carbons (Fsp3) is 0.647. The van der Waals surface area contributed by atoms with Crippen LogP contribution in [0.15, 0.2) is 29.2 Å². The molecule has 128 valence electrons. The Bertz CT molecular complexity index is 624. The van der Waals surface area contributed by atoms with E-state index in [0.29, 0.717) is 29.0 Å². The molecule has 2 atom stereocenters. The molecule has 6 heteroatoms. The lowest BCUT2D eigenvalue weighted by Crippen LogP contribution is -2.53. The molecule has 0 N–H and O–H groups in total. The summed E-state index contributed by atoms with van der Waals surface area (Å²) in [6.45, 7) is 5.16. The van der Waals surface area contributed by atoms with Crippen LogP contribution < -0.4 is 0 Å². The van der Waals surface area contributed by atoms with Gasteiger partial charge in [0.05, 0.1) is 4.90 Å². The Morgan fingerprint density at radius 1 is 1.00 bits per heavy atom. The number of sulfonamides is 1. The second kappa shape index (κ2) is 7.09. The number of halogens is 1. The van der Waals surface area contributed by atoms with E-state index in [0.717, 1.165) is 19.0 Å². The quantitative estimate of drug-likeness (QED) is 0.834. The van der Waals surface area contributed by atoms with Crippen LogP contribution in [0.2, 0.25) is 5.02 Å². The molecular weight excluding hydrogens is 332 g/mol. The van der Waals surface area contributed by atoms with Gasteiger partial charge >= 0.3 is 0 Å². The third-order valence-corrected chi connectivity index (χ3v) is 7.42. The molecule has 2 fully saturated rings. The lowest BCUT2D eigenvalue weighted by molar-refractivity contribution is 0.0786. The predicted octanol–water partition coefficient (Wildman–Crippen LogP) is 3.23. The van der Waals surface area contributed by atoms with E-state index in [4.69, 9.17) is 11.6 Å². The third kappa shape index (κ3) is 3.73. The summed E-state index contributed by atoms with van der Waals surface area (Å²) in [5, 5.41) is 0.556. The summed E-state index contributed by atoms with van der Waals surface area (Å²) in [6.07, 6.45) is 5.19. The summed E-state index contributed by atoms with van der Waals surface area (Å²) in [5.41, 5.74) is 0. The fourth-order valence-corrected chi connectivity index (χ4v) is 5.42. The van der Waals surface area contributed by atoms with E-state index in [1.54, 1.807) is 28.6 Å². The summed E-state index contributed by atoms with van der Waals surface area (Å²) < 4.78 is 27.0. The second-order valence-electron chi connectivity index (χ2n) is 6.72.